The highest BCUT2D eigenvalue weighted by atomic mass is 16.5. The molecule has 1 aliphatic rings. The second-order valence-corrected chi connectivity index (χ2v) is 6.68. The molecule has 6 heteroatoms. The quantitative estimate of drug-likeness (QED) is 0.689. The van der Waals surface area contributed by atoms with Crippen LogP contribution in [0.4, 0.5) is 5.69 Å². The molecule has 0 spiro atoms. The van der Waals surface area contributed by atoms with E-state index in [2.05, 4.69) is 39.1 Å². The Morgan fingerprint density at radius 2 is 1.63 bits per heavy atom. The van der Waals surface area contributed by atoms with E-state index in [-0.39, 0.29) is 6.04 Å². The predicted molar refractivity (Wildman–Crippen MR) is 105 cm³/mol. The van der Waals surface area contributed by atoms with Gasteiger partial charge in [-0.05, 0) is 31.2 Å². The molecule has 6 nitrogen and oxygen atoms in total. The van der Waals surface area contributed by atoms with E-state index in [1.807, 2.05) is 42.5 Å². The first-order valence-electron chi connectivity index (χ1n) is 9.27. The molecular formula is C21H24N4O2. The average Bonchev–Trinajstić information content (AvgIpc) is 3.24. The Bertz CT molecular complexity index is 873. The van der Waals surface area contributed by atoms with Crippen molar-refractivity contribution in [3.05, 3.63) is 60.5 Å². The van der Waals surface area contributed by atoms with Gasteiger partial charge in [-0.25, -0.2) is 0 Å². The first-order valence-corrected chi connectivity index (χ1v) is 9.27. The Balaban J connectivity index is 1.42. The number of benzene rings is 2. The van der Waals surface area contributed by atoms with Gasteiger partial charge in [-0.15, -0.1) is 10.2 Å². The van der Waals surface area contributed by atoms with E-state index < -0.39 is 0 Å². The number of nitrogens with zero attached hydrogens (tertiary/aromatic N) is 4. The Morgan fingerprint density at radius 3 is 2.37 bits per heavy atom. The van der Waals surface area contributed by atoms with Crippen molar-refractivity contribution in [2.45, 2.75) is 13.0 Å². The van der Waals surface area contributed by atoms with Crippen molar-refractivity contribution in [3.8, 4) is 17.2 Å². The van der Waals surface area contributed by atoms with Gasteiger partial charge in [-0.2, -0.15) is 0 Å². The summed E-state index contributed by atoms with van der Waals surface area (Å²) >= 11 is 0. The topological polar surface area (TPSA) is 54.6 Å². The molecule has 1 atom stereocenters. The minimum atomic E-state index is 0.0924. The first kappa shape index (κ1) is 17.5. The number of aromatic nitrogens is 2. The molecule has 0 amide bonds. The van der Waals surface area contributed by atoms with Crippen LogP contribution < -0.4 is 9.64 Å². The molecule has 2 heterocycles. The van der Waals surface area contributed by atoms with Crippen LogP contribution in [0.25, 0.3) is 11.5 Å². The van der Waals surface area contributed by atoms with Gasteiger partial charge in [0.05, 0.1) is 18.8 Å². The number of piperazine rings is 1. The zero-order chi connectivity index (χ0) is 18.6. The number of para-hydroxylation sites is 2. The molecule has 0 saturated carbocycles. The smallest absolute Gasteiger partial charge is 0.247 e. The second kappa shape index (κ2) is 7.80. The zero-order valence-electron chi connectivity index (χ0n) is 15.7. The third-order valence-corrected chi connectivity index (χ3v) is 5.11. The molecule has 0 aliphatic carbocycles. The maximum absolute atomic E-state index is 5.94. The number of methoxy groups -OCH3 is 1. The number of hydrogen-bond acceptors (Lipinski definition) is 6. The van der Waals surface area contributed by atoms with Gasteiger partial charge in [-0.1, -0.05) is 30.3 Å². The summed E-state index contributed by atoms with van der Waals surface area (Å²) < 4.78 is 11.4. The normalized spacial score (nSPS) is 16.3. The molecule has 3 aromatic rings. The minimum Gasteiger partial charge on any atom is -0.495 e. The van der Waals surface area contributed by atoms with E-state index in [0.29, 0.717) is 11.8 Å². The summed E-state index contributed by atoms with van der Waals surface area (Å²) in [4.78, 5) is 4.75. The van der Waals surface area contributed by atoms with Gasteiger partial charge in [0.2, 0.25) is 11.8 Å². The molecule has 1 aliphatic heterocycles. The van der Waals surface area contributed by atoms with Crippen LogP contribution in [0.15, 0.2) is 59.0 Å². The lowest BCUT2D eigenvalue weighted by atomic mass is 10.2. The summed E-state index contributed by atoms with van der Waals surface area (Å²) in [5.74, 6) is 2.16. The lowest BCUT2D eigenvalue weighted by Gasteiger charge is -2.38. The molecule has 0 N–H and O–H groups in total. The van der Waals surface area contributed by atoms with E-state index >= 15 is 0 Å². The van der Waals surface area contributed by atoms with Crippen LogP contribution in [-0.2, 0) is 0 Å². The van der Waals surface area contributed by atoms with Crippen molar-refractivity contribution in [2.75, 3.05) is 38.2 Å². The van der Waals surface area contributed by atoms with Crippen LogP contribution >= 0.6 is 0 Å². The lowest BCUT2D eigenvalue weighted by Crippen LogP contribution is -2.47. The Morgan fingerprint density at radius 1 is 0.926 bits per heavy atom. The maximum Gasteiger partial charge on any atom is 0.247 e. The monoisotopic (exact) mass is 364 g/mol. The van der Waals surface area contributed by atoms with Gasteiger partial charge in [0.25, 0.3) is 0 Å². The Kier molecular flexibility index (Phi) is 5.07. The fraction of sp³-hybridized carbons (Fsp3) is 0.333. The minimum absolute atomic E-state index is 0.0924. The molecule has 27 heavy (non-hydrogen) atoms. The first-order chi connectivity index (χ1) is 13.3. The van der Waals surface area contributed by atoms with Crippen LogP contribution in [0.3, 0.4) is 0 Å². The average molecular weight is 364 g/mol. The van der Waals surface area contributed by atoms with Crippen molar-refractivity contribution in [1.82, 2.24) is 15.1 Å². The number of rotatable bonds is 5. The molecule has 140 valence electrons. The highest BCUT2D eigenvalue weighted by Gasteiger charge is 2.26. The van der Waals surface area contributed by atoms with Crippen LogP contribution in [0.1, 0.15) is 18.9 Å². The Hall–Kier alpha value is -2.86. The number of hydrogen-bond donors (Lipinski definition) is 0. The maximum atomic E-state index is 5.94. The largest absolute Gasteiger partial charge is 0.495 e. The van der Waals surface area contributed by atoms with E-state index in [1.54, 1.807) is 7.11 Å². The van der Waals surface area contributed by atoms with Crippen molar-refractivity contribution < 1.29 is 9.15 Å². The third-order valence-electron chi connectivity index (χ3n) is 5.11. The highest BCUT2D eigenvalue weighted by molar-refractivity contribution is 5.58. The summed E-state index contributed by atoms with van der Waals surface area (Å²) in [6, 6.07) is 18.1. The van der Waals surface area contributed by atoms with E-state index in [0.717, 1.165) is 43.2 Å². The molecule has 0 bridgehead atoms. The molecule has 4 rings (SSSR count). The van der Waals surface area contributed by atoms with Crippen LogP contribution in [0.5, 0.6) is 5.75 Å². The molecule has 2 aromatic carbocycles. The van der Waals surface area contributed by atoms with Gasteiger partial charge in [0.15, 0.2) is 0 Å². The molecule has 1 aromatic heterocycles. The number of anilines is 1. The van der Waals surface area contributed by atoms with Crippen LogP contribution in [0.2, 0.25) is 0 Å². The predicted octanol–water partition coefficient (Wildman–Crippen LogP) is 3.63. The van der Waals surface area contributed by atoms with Crippen molar-refractivity contribution >= 4 is 5.69 Å². The summed E-state index contributed by atoms with van der Waals surface area (Å²) in [5, 5.41) is 8.50. The summed E-state index contributed by atoms with van der Waals surface area (Å²) in [6.45, 7) is 5.86. The molecular weight excluding hydrogens is 340 g/mol. The zero-order valence-corrected chi connectivity index (χ0v) is 15.7. The van der Waals surface area contributed by atoms with Crippen molar-refractivity contribution in [2.24, 2.45) is 0 Å². The Labute approximate surface area is 159 Å². The second-order valence-electron chi connectivity index (χ2n) is 6.68. The van der Waals surface area contributed by atoms with Gasteiger partial charge in [-0.3, -0.25) is 4.90 Å². The van der Waals surface area contributed by atoms with E-state index in [4.69, 9.17) is 9.15 Å². The third kappa shape index (κ3) is 3.66. The van der Waals surface area contributed by atoms with Gasteiger partial charge in [0, 0.05) is 31.7 Å². The number of ether oxygens (including phenoxy) is 1. The van der Waals surface area contributed by atoms with Crippen LogP contribution in [-0.4, -0.2) is 48.4 Å². The lowest BCUT2D eigenvalue weighted by molar-refractivity contribution is 0.173. The fourth-order valence-electron chi connectivity index (χ4n) is 3.50. The SMILES string of the molecule is COc1ccccc1N1CCN([C@@H](C)c2nnc(-c3ccccc3)o2)CC1. The molecule has 1 fully saturated rings. The van der Waals surface area contributed by atoms with E-state index in [1.165, 1.54) is 0 Å². The summed E-state index contributed by atoms with van der Waals surface area (Å²) in [6.07, 6.45) is 0. The molecule has 0 radical (unpaired) electrons. The van der Waals surface area contributed by atoms with Gasteiger partial charge >= 0.3 is 0 Å². The summed E-state index contributed by atoms with van der Waals surface area (Å²) in [5.41, 5.74) is 2.10. The molecule has 0 unspecified atom stereocenters. The van der Waals surface area contributed by atoms with Gasteiger partial charge in [0.1, 0.15) is 5.75 Å². The fourth-order valence-corrected chi connectivity index (χ4v) is 3.50. The highest BCUT2D eigenvalue weighted by Crippen LogP contribution is 2.30. The van der Waals surface area contributed by atoms with E-state index in [9.17, 15) is 0 Å². The van der Waals surface area contributed by atoms with Crippen molar-refractivity contribution in [3.63, 3.8) is 0 Å². The molecule has 1 saturated heterocycles. The van der Waals surface area contributed by atoms with Gasteiger partial charge < -0.3 is 14.1 Å². The summed E-state index contributed by atoms with van der Waals surface area (Å²) in [7, 11) is 1.72. The standard InChI is InChI=1S/C21H24N4O2/c1-16(20-22-23-21(27-20)17-8-4-3-5-9-17)24-12-14-25(15-13-24)18-10-6-7-11-19(18)26-2/h3-11,16H,12-15H2,1-2H3/t16-/m0/s1. The van der Waals surface area contributed by atoms with Crippen molar-refractivity contribution in [1.29, 1.82) is 0 Å². The van der Waals surface area contributed by atoms with Crippen LogP contribution in [0, 0.1) is 0 Å².